The van der Waals surface area contributed by atoms with Crippen LogP contribution in [0, 0.1) is 0 Å². The van der Waals surface area contributed by atoms with Crippen molar-refractivity contribution < 1.29 is 47.7 Å². The fourth-order valence-electron chi connectivity index (χ4n) is 3.93. The molecule has 1 aromatic carbocycles. The predicted molar refractivity (Wildman–Crippen MR) is 134 cm³/mol. The van der Waals surface area contributed by atoms with Gasteiger partial charge in [0.1, 0.15) is 17.4 Å². The topological polar surface area (TPSA) is 167 Å². The summed E-state index contributed by atoms with van der Waals surface area (Å²) < 4.78 is 21.4. The second-order valence-electron chi connectivity index (χ2n) is 9.83. The molecule has 0 aromatic heterocycles. The highest BCUT2D eigenvalue weighted by Gasteiger charge is 2.46. The Labute approximate surface area is 225 Å². The number of esters is 1. The maximum absolute atomic E-state index is 13.0. The first kappa shape index (κ1) is 29.7. The van der Waals surface area contributed by atoms with Gasteiger partial charge in [-0.1, -0.05) is 6.07 Å². The Hall–Kier alpha value is -3.84. The zero-order chi connectivity index (χ0) is 28.6. The summed E-state index contributed by atoms with van der Waals surface area (Å²) in [6.45, 7) is 6.15. The first-order valence-corrected chi connectivity index (χ1v) is 12.6. The monoisotopic (exact) mass is 547 g/mol. The van der Waals surface area contributed by atoms with Crippen LogP contribution in [0.2, 0.25) is 0 Å². The second kappa shape index (κ2) is 13.3. The number of ether oxygens (including phenoxy) is 4. The molecule has 2 aliphatic heterocycles. The van der Waals surface area contributed by atoms with Crippen molar-refractivity contribution in [2.24, 2.45) is 0 Å². The van der Waals surface area contributed by atoms with Crippen molar-refractivity contribution in [3.8, 4) is 5.75 Å². The Morgan fingerprint density at radius 3 is 2.44 bits per heavy atom. The van der Waals surface area contributed by atoms with Gasteiger partial charge in [0.25, 0.3) is 17.7 Å². The summed E-state index contributed by atoms with van der Waals surface area (Å²) >= 11 is 0. The number of benzene rings is 1. The molecule has 212 valence electrons. The summed E-state index contributed by atoms with van der Waals surface area (Å²) in [5.41, 5.74) is -0.508. The van der Waals surface area contributed by atoms with Gasteiger partial charge in [0.05, 0.1) is 44.0 Å². The van der Waals surface area contributed by atoms with E-state index in [0.29, 0.717) is 0 Å². The van der Waals surface area contributed by atoms with E-state index in [1.54, 1.807) is 20.8 Å². The van der Waals surface area contributed by atoms with Gasteiger partial charge in [-0.05, 0) is 39.3 Å². The molecular formula is C26H33N3O10. The molecule has 0 spiro atoms. The number of piperidine rings is 1. The van der Waals surface area contributed by atoms with Gasteiger partial charge >= 0.3 is 5.97 Å². The van der Waals surface area contributed by atoms with Gasteiger partial charge < -0.3 is 24.3 Å². The minimum Gasteiger partial charge on any atom is -0.483 e. The molecule has 1 unspecified atom stereocenters. The Morgan fingerprint density at radius 1 is 1.03 bits per heavy atom. The Kier molecular flexibility index (Phi) is 10.1. The van der Waals surface area contributed by atoms with Crippen LogP contribution in [-0.2, 0) is 33.4 Å². The highest BCUT2D eigenvalue weighted by molar-refractivity contribution is 6.24. The van der Waals surface area contributed by atoms with Crippen molar-refractivity contribution in [1.82, 2.24) is 15.5 Å². The number of fused-ring (bicyclic) bond motifs is 1. The summed E-state index contributed by atoms with van der Waals surface area (Å²) in [7, 11) is 0. The average molecular weight is 548 g/mol. The van der Waals surface area contributed by atoms with E-state index in [2.05, 4.69) is 10.6 Å². The lowest BCUT2D eigenvalue weighted by atomic mass is 10.0. The third-order valence-electron chi connectivity index (χ3n) is 5.60. The van der Waals surface area contributed by atoms with Crippen LogP contribution < -0.4 is 15.4 Å². The average Bonchev–Trinajstić information content (AvgIpc) is 3.11. The summed E-state index contributed by atoms with van der Waals surface area (Å²) in [6, 6.07) is 3.31. The molecule has 39 heavy (non-hydrogen) atoms. The molecule has 1 saturated heterocycles. The van der Waals surface area contributed by atoms with Crippen molar-refractivity contribution in [2.45, 2.75) is 51.7 Å². The van der Waals surface area contributed by atoms with Crippen LogP contribution in [-0.4, -0.2) is 91.6 Å². The molecule has 2 heterocycles. The van der Waals surface area contributed by atoms with Crippen LogP contribution in [0.25, 0.3) is 0 Å². The summed E-state index contributed by atoms with van der Waals surface area (Å²) in [4.78, 5) is 74.1. The summed E-state index contributed by atoms with van der Waals surface area (Å²) in [5.74, 6) is -3.32. The lowest BCUT2D eigenvalue weighted by molar-refractivity contribution is -0.156. The Bertz CT molecular complexity index is 1130. The van der Waals surface area contributed by atoms with Gasteiger partial charge in [0.2, 0.25) is 11.8 Å². The van der Waals surface area contributed by atoms with Crippen molar-refractivity contribution in [1.29, 1.82) is 0 Å². The molecule has 0 saturated carbocycles. The normalized spacial score (nSPS) is 17.1. The van der Waals surface area contributed by atoms with Crippen LogP contribution in [0.4, 0.5) is 0 Å². The van der Waals surface area contributed by atoms with E-state index < -0.39 is 47.8 Å². The number of hydrogen-bond donors (Lipinski definition) is 2. The Balaban J connectivity index is 1.36. The molecule has 13 nitrogen and oxygen atoms in total. The summed E-state index contributed by atoms with van der Waals surface area (Å²) in [6.07, 6.45) is 0.194. The number of nitrogens with zero attached hydrogens (tertiary/aromatic N) is 1. The van der Waals surface area contributed by atoms with Crippen LogP contribution in [0.3, 0.4) is 0 Å². The van der Waals surface area contributed by atoms with E-state index in [-0.39, 0.29) is 75.1 Å². The fourth-order valence-corrected chi connectivity index (χ4v) is 3.93. The number of carbonyl (C=O) groups excluding carboxylic acids is 6. The summed E-state index contributed by atoms with van der Waals surface area (Å²) in [5, 5.41) is 4.75. The molecule has 0 aliphatic carbocycles. The van der Waals surface area contributed by atoms with E-state index in [1.807, 2.05) is 0 Å². The number of imide groups is 2. The maximum Gasteiger partial charge on any atom is 0.308 e. The maximum atomic E-state index is 13.0. The molecular weight excluding hydrogens is 514 g/mol. The highest BCUT2D eigenvalue weighted by atomic mass is 16.6. The minimum atomic E-state index is -1.10. The van der Waals surface area contributed by atoms with Crippen LogP contribution in [0.5, 0.6) is 5.75 Å². The zero-order valence-electron chi connectivity index (χ0n) is 22.2. The van der Waals surface area contributed by atoms with E-state index in [9.17, 15) is 28.8 Å². The Morgan fingerprint density at radius 2 is 1.74 bits per heavy atom. The standard InChI is InChI=1S/C26H33N3O10/c1-26(2,3)39-21(32)9-11-36-13-14-37-12-10-27-20(31)15-38-18-6-4-5-16-22(18)25(35)29(24(16)34)17-7-8-19(30)28-23(17)33/h4-6,17H,7-15H2,1-3H3,(H,27,31)(H,28,30,33). The first-order valence-electron chi connectivity index (χ1n) is 12.6. The fraction of sp³-hybridized carbons (Fsp3) is 0.538. The predicted octanol–water partition coefficient (Wildman–Crippen LogP) is 0.348. The van der Waals surface area contributed by atoms with Crippen molar-refractivity contribution in [2.75, 3.05) is 39.6 Å². The second-order valence-corrected chi connectivity index (χ2v) is 9.83. The van der Waals surface area contributed by atoms with E-state index in [4.69, 9.17) is 18.9 Å². The van der Waals surface area contributed by atoms with Gasteiger partial charge in [-0.15, -0.1) is 0 Å². The highest BCUT2D eigenvalue weighted by Crippen LogP contribution is 2.33. The van der Waals surface area contributed by atoms with Crippen LogP contribution in [0.15, 0.2) is 18.2 Å². The minimum absolute atomic E-state index is 0.0121. The molecule has 0 radical (unpaired) electrons. The number of nitrogens with one attached hydrogen (secondary N) is 2. The lowest BCUT2D eigenvalue weighted by Crippen LogP contribution is -2.54. The smallest absolute Gasteiger partial charge is 0.308 e. The van der Waals surface area contributed by atoms with Gasteiger partial charge in [-0.25, -0.2) is 0 Å². The van der Waals surface area contributed by atoms with Crippen LogP contribution >= 0.6 is 0 Å². The van der Waals surface area contributed by atoms with Crippen molar-refractivity contribution >= 4 is 35.5 Å². The number of carbonyl (C=O) groups is 6. The molecule has 3 rings (SSSR count). The van der Waals surface area contributed by atoms with Gasteiger partial charge in [-0.2, -0.15) is 0 Å². The number of rotatable bonds is 13. The quantitative estimate of drug-likeness (QED) is 0.200. The molecule has 1 fully saturated rings. The molecule has 2 N–H and O–H groups in total. The van der Waals surface area contributed by atoms with Gasteiger partial charge in [-0.3, -0.25) is 39.0 Å². The van der Waals surface area contributed by atoms with E-state index >= 15 is 0 Å². The molecule has 13 heteroatoms. The lowest BCUT2D eigenvalue weighted by Gasteiger charge is -2.27. The molecule has 1 aromatic rings. The SMILES string of the molecule is CC(C)(C)OC(=O)CCOCCOCCNC(=O)COc1cccc2c1C(=O)N(C1CCC(=O)NC1=O)C2=O. The van der Waals surface area contributed by atoms with E-state index in [1.165, 1.54) is 18.2 Å². The van der Waals surface area contributed by atoms with Crippen molar-refractivity contribution in [3.63, 3.8) is 0 Å². The number of hydrogen-bond acceptors (Lipinski definition) is 10. The molecule has 5 amide bonds. The largest absolute Gasteiger partial charge is 0.483 e. The third kappa shape index (κ3) is 8.32. The molecule has 2 aliphatic rings. The van der Waals surface area contributed by atoms with Gasteiger partial charge in [0.15, 0.2) is 6.61 Å². The third-order valence-corrected chi connectivity index (χ3v) is 5.60. The number of amides is 5. The molecule has 1 atom stereocenters. The van der Waals surface area contributed by atoms with Gasteiger partial charge in [0, 0.05) is 13.0 Å². The molecule has 0 bridgehead atoms. The van der Waals surface area contributed by atoms with E-state index in [0.717, 1.165) is 4.90 Å². The van der Waals surface area contributed by atoms with Crippen LogP contribution in [0.1, 0.15) is 60.7 Å². The van der Waals surface area contributed by atoms with Crippen molar-refractivity contribution in [3.05, 3.63) is 29.3 Å². The zero-order valence-corrected chi connectivity index (χ0v) is 22.2. The first-order chi connectivity index (χ1) is 18.5.